The molecule has 0 spiro atoms. The number of alkyl carbamates (subject to hydrolysis) is 1. The molecule has 0 saturated carbocycles. The van der Waals surface area contributed by atoms with Crippen molar-refractivity contribution in [2.75, 3.05) is 39.8 Å². The maximum atomic E-state index is 12.0. The molecule has 1 heterocycles. The van der Waals surface area contributed by atoms with Gasteiger partial charge in [0.1, 0.15) is 5.60 Å². The van der Waals surface area contributed by atoms with E-state index in [-0.39, 0.29) is 0 Å². The first-order valence-electron chi connectivity index (χ1n) is 9.79. The van der Waals surface area contributed by atoms with Crippen LogP contribution in [0.2, 0.25) is 0 Å². The van der Waals surface area contributed by atoms with E-state index in [1.807, 2.05) is 34.6 Å². The molecule has 0 atom stereocenters. The summed E-state index contributed by atoms with van der Waals surface area (Å²) in [7, 11) is 1.76. The van der Waals surface area contributed by atoms with Crippen molar-refractivity contribution in [1.29, 1.82) is 0 Å². The predicted octanol–water partition coefficient (Wildman–Crippen LogP) is 2.33. The van der Waals surface area contributed by atoms with Gasteiger partial charge < -0.3 is 25.6 Å². The Balaban J connectivity index is 2.32. The van der Waals surface area contributed by atoms with Gasteiger partial charge in [0.15, 0.2) is 5.96 Å². The fourth-order valence-electron chi connectivity index (χ4n) is 2.84. The second kappa shape index (κ2) is 10.6. The number of nitrogens with zero attached hydrogens (tertiary/aromatic N) is 2. The Kier molecular flexibility index (Phi) is 9.19. The number of aliphatic imine (C=N–C) groups is 1. The molecule has 1 aliphatic rings. The molecule has 26 heavy (non-hydrogen) atoms. The zero-order chi connectivity index (χ0) is 19.6. The maximum absolute atomic E-state index is 12.0. The van der Waals surface area contributed by atoms with Crippen LogP contribution in [0.3, 0.4) is 0 Å². The number of carbonyl (C=O) groups is 1. The Bertz CT molecular complexity index is 449. The number of ether oxygens (including phenoxy) is 1. The van der Waals surface area contributed by atoms with Crippen LogP contribution in [0.4, 0.5) is 4.79 Å². The molecule has 1 amide bonds. The molecule has 1 saturated heterocycles. The second-order valence-electron chi connectivity index (χ2n) is 8.62. The van der Waals surface area contributed by atoms with E-state index in [2.05, 4.69) is 25.8 Å². The van der Waals surface area contributed by atoms with Crippen LogP contribution in [0.1, 0.15) is 60.3 Å². The number of rotatable bonds is 6. The minimum Gasteiger partial charge on any atom is -0.444 e. The van der Waals surface area contributed by atoms with Gasteiger partial charge in [-0.05, 0) is 60.5 Å². The normalized spacial score (nSPS) is 17.4. The lowest BCUT2D eigenvalue weighted by atomic mass is 10.1. The summed E-state index contributed by atoms with van der Waals surface area (Å²) in [5.74, 6) is 0.749. The molecule has 0 aromatic rings. The van der Waals surface area contributed by atoms with Crippen LogP contribution in [0.25, 0.3) is 0 Å². The van der Waals surface area contributed by atoms with Crippen molar-refractivity contribution in [2.45, 2.75) is 71.4 Å². The highest BCUT2D eigenvalue weighted by Crippen LogP contribution is 2.09. The summed E-state index contributed by atoms with van der Waals surface area (Å²) in [4.78, 5) is 18.7. The molecule has 3 N–H and O–H groups in total. The Morgan fingerprint density at radius 1 is 1.04 bits per heavy atom. The molecule has 7 heteroatoms. The molecule has 7 nitrogen and oxygen atoms in total. The summed E-state index contributed by atoms with van der Waals surface area (Å²) in [6.07, 6.45) is 4.91. The molecule has 152 valence electrons. The average Bonchev–Trinajstić information content (AvgIpc) is 2.76. The minimum absolute atomic E-state index is 0.409. The molecule has 0 aliphatic carbocycles. The summed E-state index contributed by atoms with van der Waals surface area (Å²) < 4.78 is 5.32. The monoisotopic (exact) mass is 369 g/mol. The molecule has 0 bridgehead atoms. The van der Waals surface area contributed by atoms with E-state index in [0.29, 0.717) is 6.54 Å². The van der Waals surface area contributed by atoms with E-state index in [9.17, 15) is 4.79 Å². The van der Waals surface area contributed by atoms with Crippen molar-refractivity contribution >= 4 is 12.1 Å². The third-order valence-electron chi connectivity index (χ3n) is 4.18. The first kappa shape index (κ1) is 22.5. The lowest BCUT2D eigenvalue weighted by Gasteiger charge is -2.29. The number of guanidine groups is 1. The van der Waals surface area contributed by atoms with Gasteiger partial charge in [-0.3, -0.25) is 4.99 Å². The zero-order valence-corrected chi connectivity index (χ0v) is 17.6. The van der Waals surface area contributed by atoms with E-state index in [1.54, 1.807) is 7.05 Å². The highest BCUT2D eigenvalue weighted by atomic mass is 16.6. The van der Waals surface area contributed by atoms with Crippen molar-refractivity contribution in [1.82, 2.24) is 20.9 Å². The average molecular weight is 370 g/mol. The second-order valence-corrected chi connectivity index (χ2v) is 8.62. The Labute approximate surface area is 159 Å². The first-order valence-corrected chi connectivity index (χ1v) is 9.79. The van der Waals surface area contributed by atoms with E-state index in [1.165, 1.54) is 38.8 Å². The fraction of sp³-hybridized carbons (Fsp3) is 0.895. The van der Waals surface area contributed by atoms with E-state index in [4.69, 9.17) is 4.74 Å². The van der Waals surface area contributed by atoms with Crippen molar-refractivity contribution in [2.24, 2.45) is 4.99 Å². The van der Waals surface area contributed by atoms with Crippen LogP contribution < -0.4 is 16.0 Å². The van der Waals surface area contributed by atoms with Gasteiger partial charge in [-0.2, -0.15) is 0 Å². The van der Waals surface area contributed by atoms with Gasteiger partial charge in [-0.15, -0.1) is 0 Å². The quantitative estimate of drug-likeness (QED) is 0.495. The van der Waals surface area contributed by atoms with Crippen molar-refractivity contribution < 1.29 is 9.53 Å². The highest BCUT2D eigenvalue weighted by Gasteiger charge is 2.24. The lowest BCUT2D eigenvalue weighted by molar-refractivity contribution is 0.0474. The van der Waals surface area contributed by atoms with Crippen molar-refractivity contribution in [3.8, 4) is 0 Å². The third kappa shape index (κ3) is 10.5. The Morgan fingerprint density at radius 2 is 1.65 bits per heavy atom. The molecular weight excluding hydrogens is 330 g/mol. The van der Waals surface area contributed by atoms with Crippen LogP contribution >= 0.6 is 0 Å². The molecular formula is C19H39N5O2. The van der Waals surface area contributed by atoms with Gasteiger partial charge in [0, 0.05) is 26.7 Å². The predicted molar refractivity (Wildman–Crippen MR) is 108 cm³/mol. The number of hydrogen-bond donors (Lipinski definition) is 3. The number of carbonyl (C=O) groups excluding carboxylic acids is 1. The SMILES string of the molecule is CN=C(NCCN1CCCCCC1)NCC(C)(C)NC(=O)OC(C)(C)C. The first-order chi connectivity index (χ1) is 12.1. The Hall–Kier alpha value is -1.50. The van der Waals surface area contributed by atoms with E-state index < -0.39 is 17.2 Å². The van der Waals surface area contributed by atoms with Gasteiger partial charge in [0.25, 0.3) is 0 Å². The summed E-state index contributed by atoms with van der Waals surface area (Å²) in [5.41, 5.74) is -0.955. The van der Waals surface area contributed by atoms with Crippen LogP contribution in [-0.2, 0) is 4.74 Å². The highest BCUT2D eigenvalue weighted by molar-refractivity contribution is 5.79. The van der Waals surface area contributed by atoms with Gasteiger partial charge in [0.2, 0.25) is 0 Å². The van der Waals surface area contributed by atoms with E-state index >= 15 is 0 Å². The Morgan fingerprint density at radius 3 is 2.19 bits per heavy atom. The molecule has 1 fully saturated rings. The van der Waals surface area contributed by atoms with Crippen LogP contribution in [-0.4, -0.2) is 67.9 Å². The van der Waals surface area contributed by atoms with Gasteiger partial charge in [-0.25, -0.2) is 4.79 Å². The van der Waals surface area contributed by atoms with Crippen molar-refractivity contribution in [3.05, 3.63) is 0 Å². The summed E-state index contributed by atoms with van der Waals surface area (Å²) in [5, 5.41) is 9.52. The minimum atomic E-state index is -0.501. The number of amides is 1. The maximum Gasteiger partial charge on any atom is 0.408 e. The van der Waals surface area contributed by atoms with Crippen molar-refractivity contribution in [3.63, 3.8) is 0 Å². The fourth-order valence-corrected chi connectivity index (χ4v) is 2.84. The molecule has 0 aromatic carbocycles. The van der Waals surface area contributed by atoms with Crippen LogP contribution in [0, 0.1) is 0 Å². The van der Waals surface area contributed by atoms with Gasteiger partial charge in [0.05, 0.1) is 5.54 Å². The van der Waals surface area contributed by atoms with Crippen LogP contribution in [0.5, 0.6) is 0 Å². The standard InChI is InChI=1S/C19H39N5O2/c1-18(2,3)26-17(25)23-19(4,5)15-22-16(20-6)21-11-14-24-12-9-7-8-10-13-24/h7-15H2,1-6H3,(H,23,25)(H2,20,21,22). The third-order valence-corrected chi connectivity index (χ3v) is 4.18. The van der Waals surface area contributed by atoms with E-state index in [0.717, 1.165) is 19.0 Å². The van der Waals surface area contributed by atoms with Gasteiger partial charge in [-0.1, -0.05) is 12.8 Å². The zero-order valence-electron chi connectivity index (χ0n) is 17.6. The van der Waals surface area contributed by atoms with Gasteiger partial charge >= 0.3 is 6.09 Å². The summed E-state index contributed by atoms with van der Waals surface area (Å²) in [6.45, 7) is 14.3. The molecule has 1 aliphatic heterocycles. The molecule has 1 rings (SSSR count). The van der Waals surface area contributed by atoms with Crippen LogP contribution in [0.15, 0.2) is 4.99 Å². The summed E-state index contributed by atoms with van der Waals surface area (Å²) >= 11 is 0. The summed E-state index contributed by atoms with van der Waals surface area (Å²) in [6, 6.07) is 0. The molecule has 0 unspecified atom stereocenters. The number of likely N-dealkylation sites (tertiary alicyclic amines) is 1. The molecule has 0 radical (unpaired) electrons. The number of nitrogens with one attached hydrogen (secondary N) is 3. The molecule has 0 aromatic heterocycles. The largest absolute Gasteiger partial charge is 0.444 e. The smallest absolute Gasteiger partial charge is 0.408 e. The number of hydrogen-bond acceptors (Lipinski definition) is 4. The lowest BCUT2D eigenvalue weighted by Crippen LogP contribution is -2.54. The topological polar surface area (TPSA) is 78.0 Å².